The van der Waals surface area contributed by atoms with E-state index in [9.17, 15) is 4.79 Å². The Balaban J connectivity index is 2.39. The number of hydrogen-bond acceptors (Lipinski definition) is 5. The smallest absolute Gasteiger partial charge is 0.330 e. The highest BCUT2D eigenvalue weighted by Gasteiger charge is 2.30. The molecule has 0 amide bonds. The molecule has 18 heavy (non-hydrogen) atoms. The van der Waals surface area contributed by atoms with Gasteiger partial charge in [0.2, 0.25) is 0 Å². The highest BCUT2D eigenvalue weighted by molar-refractivity contribution is 5.75. The molecule has 0 aliphatic carbocycles. The number of nitrogens with two attached hydrogens (primary N) is 1. The summed E-state index contributed by atoms with van der Waals surface area (Å²) in [6.45, 7) is 12.0. The zero-order valence-corrected chi connectivity index (χ0v) is 12.1. The molecule has 1 atom stereocenters. The molecule has 0 aromatic carbocycles. The number of hydroxylamine groups is 2. The summed E-state index contributed by atoms with van der Waals surface area (Å²) >= 11 is 0. The lowest BCUT2D eigenvalue weighted by Gasteiger charge is -2.39. The van der Waals surface area contributed by atoms with Crippen LogP contribution in [-0.2, 0) is 9.63 Å². The van der Waals surface area contributed by atoms with Crippen molar-refractivity contribution in [2.75, 3.05) is 32.7 Å². The lowest BCUT2D eigenvalue weighted by molar-refractivity contribution is -0.210. The molecule has 0 bridgehead atoms. The maximum Gasteiger partial charge on any atom is 0.330 e. The first kappa shape index (κ1) is 15.4. The van der Waals surface area contributed by atoms with E-state index in [1.54, 1.807) is 5.06 Å². The summed E-state index contributed by atoms with van der Waals surface area (Å²) in [5, 5.41) is 1.79. The summed E-state index contributed by atoms with van der Waals surface area (Å²) in [7, 11) is 0. The van der Waals surface area contributed by atoms with Crippen molar-refractivity contribution in [2.24, 2.45) is 11.1 Å². The number of rotatable bonds is 4. The maximum atomic E-state index is 11.8. The summed E-state index contributed by atoms with van der Waals surface area (Å²) in [6, 6.07) is 0.401. The molecule has 0 spiro atoms. The molecule has 2 N–H and O–H groups in total. The van der Waals surface area contributed by atoms with Crippen molar-refractivity contribution in [3.8, 4) is 0 Å². The molecule has 5 heteroatoms. The second-order valence-corrected chi connectivity index (χ2v) is 6.04. The van der Waals surface area contributed by atoms with Crippen LogP contribution in [0.4, 0.5) is 0 Å². The van der Waals surface area contributed by atoms with E-state index >= 15 is 0 Å². The van der Waals surface area contributed by atoms with Crippen LogP contribution in [0.25, 0.3) is 0 Å². The number of piperazine rings is 1. The van der Waals surface area contributed by atoms with Gasteiger partial charge in [-0.05, 0) is 47.2 Å². The molecular weight excluding hydrogens is 230 g/mol. The van der Waals surface area contributed by atoms with Gasteiger partial charge in [0.1, 0.15) is 0 Å². The van der Waals surface area contributed by atoms with Crippen LogP contribution in [-0.4, -0.2) is 54.7 Å². The lowest BCUT2D eigenvalue weighted by Crippen LogP contribution is -2.53. The van der Waals surface area contributed by atoms with Crippen LogP contribution in [0, 0.1) is 5.41 Å². The molecule has 0 unspecified atom stereocenters. The average Bonchev–Trinajstić information content (AvgIpc) is 2.26. The monoisotopic (exact) mass is 257 g/mol. The molecule has 5 nitrogen and oxygen atoms in total. The largest absolute Gasteiger partial charge is 0.367 e. The minimum atomic E-state index is -0.445. The lowest BCUT2D eigenvalue weighted by atomic mass is 9.98. The Morgan fingerprint density at radius 2 is 2.06 bits per heavy atom. The molecule has 0 aromatic heterocycles. The zero-order valence-electron chi connectivity index (χ0n) is 12.1. The molecule has 0 aromatic rings. The first-order valence-electron chi connectivity index (χ1n) is 6.76. The quantitative estimate of drug-likeness (QED) is 0.809. The van der Waals surface area contributed by atoms with Gasteiger partial charge in [-0.1, -0.05) is 0 Å². The predicted octanol–water partition coefficient (Wildman–Crippen LogP) is 0.846. The topological polar surface area (TPSA) is 58.8 Å². The Morgan fingerprint density at radius 1 is 1.39 bits per heavy atom. The van der Waals surface area contributed by atoms with Crippen molar-refractivity contribution in [3.05, 3.63) is 0 Å². The van der Waals surface area contributed by atoms with E-state index in [0.717, 1.165) is 39.1 Å². The van der Waals surface area contributed by atoms with E-state index in [0.29, 0.717) is 6.04 Å². The zero-order chi connectivity index (χ0) is 13.8. The third-order valence-corrected chi connectivity index (χ3v) is 3.20. The summed E-state index contributed by atoms with van der Waals surface area (Å²) < 4.78 is 0. The van der Waals surface area contributed by atoms with Crippen LogP contribution in [0.2, 0.25) is 0 Å². The third kappa shape index (κ3) is 4.55. The standard InChI is InChI=1S/C13H27N3O2/c1-11-10-16(18-12(17)13(2,3)4)9-8-15(11)7-5-6-14/h11H,5-10,14H2,1-4H3/t11-/m1/s1. The fraction of sp³-hybridized carbons (Fsp3) is 0.923. The molecular formula is C13H27N3O2. The van der Waals surface area contributed by atoms with Gasteiger partial charge >= 0.3 is 5.97 Å². The van der Waals surface area contributed by atoms with Gasteiger partial charge in [-0.15, -0.1) is 5.06 Å². The first-order valence-corrected chi connectivity index (χ1v) is 6.76. The van der Waals surface area contributed by atoms with Crippen LogP contribution in [0.15, 0.2) is 0 Å². The molecule has 1 aliphatic rings. The Kier molecular flexibility index (Phi) is 5.56. The minimum absolute atomic E-state index is 0.162. The van der Waals surface area contributed by atoms with Gasteiger partial charge in [0, 0.05) is 19.1 Å². The van der Waals surface area contributed by atoms with E-state index in [-0.39, 0.29) is 5.97 Å². The molecule has 1 heterocycles. The average molecular weight is 257 g/mol. The van der Waals surface area contributed by atoms with Gasteiger partial charge in [-0.3, -0.25) is 4.90 Å². The molecule has 1 aliphatic heterocycles. The van der Waals surface area contributed by atoms with Gasteiger partial charge in [0.15, 0.2) is 0 Å². The van der Waals surface area contributed by atoms with Crippen molar-refractivity contribution in [3.63, 3.8) is 0 Å². The minimum Gasteiger partial charge on any atom is -0.367 e. The van der Waals surface area contributed by atoms with Crippen LogP contribution in [0.3, 0.4) is 0 Å². The molecule has 0 radical (unpaired) electrons. The van der Waals surface area contributed by atoms with E-state index in [4.69, 9.17) is 10.6 Å². The van der Waals surface area contributed by atoms with Crippen LogP contribution < -0.4 is 5.73 Å². The Bertz CT molecular complexity index is 276. The molecule has 1 fully saturated rings. The molecule has 1 rings (SSSR count). The highest BCUT2D eigenvalue weighted by atomic mass is 16.7. The number of carbonyl (C=O) groups excluding carboxylic acids is 1. The SMILES string of the molecule is C[C@@H]1CN(OC(=O)C(C)(C)C)CCN1CCCN. The van der Waals surface area contributed by atoms with Gasteiger partial charge in [-0.25, -0.2) is 4.79 Å². The van der Waals surface area contributed by atoms with Gasteiger partial charge in [0.05, 0.1) is 12.0 Å². The Labute approximate surface area is 110 Å². The molecule has 106 valence electrons. The van der Waals surface area contributed by atoms with Gasteiger partial charge in [0.25, 0.3) is 0 Å². The number of nitrogens with zero attached hydrogens (tertiary/aromatic N) is 2. The van der Waals surface area contributed by atoms with E-state index in [2.05, 4.69) is 11.8 Å². The van der Waals surface area contributed by atoms with E-state index in [1.807, 2.05) is 20.8 Å². The Morgan fingerprint density at radius 3 is 2.56 bits per heavy atom. The van der Waals surface area contributed by atoms with Crippen molar-refractivity contribution >= 4 is 5.97 Å². The van der Waals surface area contributed by atoms with Gasteiger partial charge in [-0.2, -0.15) is 0 Å². The summed E-state index contributed by atoms with van der Waals surface area (Å²) in [5.74, 6) is -0.162. The van der Waals surface area contributed by atoms with E-state index < -0.39 is 5.41 Å². The Hall–Kier alpha value is -0.650. The van der Waals surface area contributed by atoms with E-state index in [1.165, 1.54) is 0 Å². The number of carbonyl (C=O) groups is 1. The fourth-order valence-corrected chi connectivity index (χ4v) is 1.93. The molecule has 1 saturated heterocycles. The summed E-state index contributed by atoms with van der Waals surface area (Å²) in [5.41, 5.74) is 5.08. The summed E-state index contributed by atoms with van der Waals surface area (Å²) in [6.07, 6.45) is 1.02. The highest BCUT2D eigenvalue weighted by Crippen LogP contribution is 2.18. The van der Waals surface area contributed by atoms with Crippen LogP contribution >= 0.6 is 0 Å². The first-order chi connectivity index (χ1) is 8.34. The number of hydrogen-bond donors (Lipinski definition) is 1. The van der Waals surface area contributed by atoms with Crippen molar-refractivity contribution in [2.45, 2.75) is 40.2 Å². The fourth-order valence-electron chi connectivity index (χ4n) is 1.93. The summed E-state index contributed by atoms with van der Waals surface area (Å²) in [4.78, 5) is 19.6. The normalized spacial score (nSPS) is 23.1. The van der Waals surface area contributed by atoms with Crippen molar-refractivity contribution in [1.82, 2.24) is 9.96 Å². The van der Waals surface area contributed by atoms with Crippen LogP contribution in [0.5, 0.6) is 0 Å². The molecule has 0 saturated carbocycles. The third-order valence-electron chi connectivity index (χ3n) is 3.20. The van der Waals surface area contributed by atoms with Crippen LogP contribution in [0.1, 0.15) is 34.1 Å². The van der Waals surface area contributed by atoms with Crippen molar-refractivity contribution in [1.29, 1.82) is 0 Å². The van der Waals surface area contributed by atoms with Gasteiger partial charge < -0.3 is 10.6 Å². The maximum absolute atomic E-state index is 11.8. The second kappa shape index (κ2) is 6.50. The predicted molar refractivity (Wildman–Crippen MR) is 71.8 cm³/mol. The second-order valence-electron chi connectivity index (χ2n) is 6.04. The van der Waals surface area contributed by atoms with Crippen molar-refractivity contribution < 1.29 is 9.63 Å².